The van der Waals surface area contributed by atoms with Crippen molar-refractivity contribution in [3.63, 3.8) is 0 Å². The van der Waals surface area contributed by atoms with Crippen molar-refractivity contribution in [3.05, 3.63) is 63.0 Å². The first-order chi connectivity index (χ1) is 12.4. The van der Waals surface area contributed by atoms with Gasteiger partial charge in [-0.05, 0) is 49.2 Å². The minimum Gasteiger partial charge on any atom is -0.345 e. The Morgan fingerprint density at radius 3 is 2.73 bits per heavy atom. The number of hydrogen-bond acceptors (Lipinski definition) is 5. The van der Waals surface area contributed by atoms with Gasteiger partial charge in [-0.25, -0.2) is 0 Å². The monoisotopic (exact) mass is 386 g/mol. The van der Waals surface area contributed by atoms with Gasteiger partial charge in [0.05, 0.1) is 11.4 Å². The first kappa shape index (κ1) is 18.4. The normalized spacial score (nSPS) is 15.9. The summed E-state index contributed by atoms with van der Waals surface area (Å²) in [5, 5.41) is 1.49. The lowest BCUT2D eigenvalue weighted by atomic mass is 10.1. The summed E-state index contributed by atoms with van der Waals surface area (Å²) in [7, 11) is 0. The number of ketones is 1. The molecule has 7 heteroatoms. The molecule has 1 saturated heterocycles. The van der Waals surface area contributed by atoms with Crippen molar-refractivity contribution in [2.24, 2.45) is 0 Å². The van der Waals surface area contributed by atoms with Crippen LogP contribution in [0.4, 0.5) is 4.79 Å². The molecule has 0 atom stereocenters. The van der Waals surface area contributed by atoms with Crippen molar-refractivity contribution < 1.29 is 14.4 Å². The van der Waals surface area contributed by atoms with E-state index in [9.17, 15) is 14.4 Å². The second-order valence-electron chi connectivity index (χ2n) is 5.89. The Kier molecular flexibility index (Phi) is 5.29. The first-order valence-electron chi connectivity index (χ1n) is 8.02. The van der Waals surface area contributed by atoms with Crippen LogP contribution in [0.2, 0.25) is 0 Å². The Balaban J connectivity index is 1.80. The van der Waals surface area contributed by atoms with Crippen molar-refractivity contribution in [1.29, 1.82) is 0 Å². The summed E-state index contributed by atoms with van der Waals surface area (Å²) >= 11 is 2.36. The lowest BCUT2D eigenvalue weighted by Gasteiger charge is -2.11. The van der Waals surface area contributed by atoms with Crippen LogP contribution in [0.5, 0.6) is 0 Å². The number of hydrogen-bond donors (Lipinski definition) is 0. The minimum absolute atomic E-state index is 0.243. The van der Waals surface area contributed by atoms with Crippen LogP contribution in [0.3, 0.4) is 0 Å². The molecule has 5 nitrogen and oxygen atoms in total. The van der Waals surface area contributed by atoms with Gasteiger partial charge < -0.3 is 4.57 Å². The number of carbonyl (C=O) groups excluding carboxylic acids is 3. The Hall–Kier alpha value is -2.38. The number of amides is 2. The highest BCUT2D eigenvalue weighted by molar-refractivity contribution is 8.18. The maximum absolute atomic E-state index is 12.7. The Morgan fingerprint density at radius 2 is 2.08 bits per heavy atom. The average molecular weight is 386 g/mol. The maximum atomic E-state index is 12.7. The highest BCUT2D eigenvalue weighted by Crippen LogP contribution is 2.33. The predicted octanol–water partition coefficient (Wildman–Crippen LogP) is 4.27. The lowest BCUT2D eigenvalue weighted by Crippen LogP contribution is -2.33. The first-order valence-corrected chi connectivity index (χ1v) is 9.71. The summed E-state index contributed by atoms with van der Waals surface area (Å²) in [5.74, 6) is -0.658. The average Bonchev–Trinajstić information content (AvgIpc) is 3.27. The highest BCUT2D eigenvalue weighted by atomic mass is 32.2. The molecule has 2 aromatic heterocycles. The molecule has 2 aromatic rings. The zero-order valence-corrected chi connectivity index (χ0v) is 16.2. The van der Waals surface area contributed by atoms with E-state index in [1.807, 2.05) is 35.9 Å². The molecule has 0 unspecified atom stereocenters. The largest absolute Gasteiger partial charge is 0.345 e. The number of aromatic nitrogens is 1. The fraction of sp³-hybridized carbons (Fsp3) is 0.211. The van der Waals surface area contributed by atoms with E-state index in [-0.39, 0.29) is 12.3 Å². The second kappa shape index (κ2) is 7.47. The maximum Gasteiger partial charge on any atom is 0.293 e. The van der Waals surface area contributed by atoms with Crippen molar-refractivity contribution in [3.8, 4) is 0 Å². The molecule has 2 amide bonds. The van der Waals surface area contributed by atoms with Crippen LogP contribution >= 0.6 is 23.1 Å². The molecular formula is C19H18N2O3S2. The molecule has 1 aliphatic heterocycles. The van der Waals surface area contributed by atoms with E-state index in [0.717, 1.165) is 32.9 Å². The van der Waals surface area contributed by atoms with Gasteiger partial charge in [0, 0.05) is 28.4 Å². The quantitative estimate of drug-likeness (QED) is 0.423. The minimum atomic E-state index is -0.415. The molecule has 134 valence electrons. The van der Waals surface area contributed by atoms with E-state index in [1.165, 1.54) is 11.3 Å². The third-order valence-corrected chi connectivity index (χ3v) is 5.90. The molecule has 1 aliphatic rings. The Morgan fingerprint density at radius 1 is 1.31 bits per heavy atom. The zero-order valence-electron chi connectivity index (χ0n) is 14.5. The van der Waals surface area contributed by atoms with Crippen LogP contribution in [0, 0.1) is 13.8 Å². The summed E-state index contributed by atoms with van der Waals surface area (Å²) in [6.07, 6.45) is 3.45. The summed E-state index contributed by atoms with van der Waals surface area (Å²) in [6, 6.07) is 5.54. The van der Waals surface area contributed by atoms with E-state index in [4.69, 9.17) is 0 Å². The van der Waals surface area contributed by atoms with E-state index >= 15 is 0 Å². The SMILES string of the molecule is C=CCn1c(C)cc(C(=O)CN2C(=O)S/C(=C\c3cccs3)C2=O)c1C. The summed E-state index contributed by atoms with van der Waals surface area (Å²) in [5.41, 5.74) is 2.29. The molecular weight excluding hydrogens is 368 g/mol. The van der Waals surface area contributed by atoms with Gasteiger partial charge >= 0.3 is 0 Å². The third kappa shape index (κ3) is 3.45. The Labute approximate surface area is 160 Å². The van der Waals surface area contributed by atoms with Gasteiger partial charge in [-0.2, -0.15) is 0 Å². The van der Waals surface area contributed by atoms with Crippen LogP contribution in [-0.2, 0) is 11.3 Å². The lowest BCUT2D eigenvalue weighted by molar-refractivity contribution is -0.122. The highest BCUT2D eigenvalue weighted by Gasteiger charge is 2.36. The van der Waals surface area contributed by atoms with E-state index in [1.54, 1.807) is 18.2 Å². The number of Topliss-reactive ketones (excluding diaryl/α,β-unsaturated/α-hetero) is 1. The van der Waals surface area contributed by atoms with Crippen molar-refractivity contribution in [2.45, 2.75) is 20.4 Å². The topological polar surface area (TPSA) is 59.4 Å². The molecule has 3 rings (SSSR count). The number of thioether (sulfide) groups is 1. The molecule has 0 radical (unpaired) electrons. The third-order valence-electron chi connectivity index (χ3n) is 4.18. The fourth-order valence-electron chi connectivity index (χ4n) is 2.86. The van der Waals surface area contributed by atoms with E-state index < -0.39 is 11.1 Å². The molecule has 1 fully saturated rings. The number of aryl methyl sites for hydroxylation is 1. The number of rotatable bonds is 6. The van der Waals surface area contributed by atoms with Crippen LogP contribution in [0.25, 0.3) is 6.08 Å². The molecule has 0 aromatic carbocycles. The van der Waals surface area contributed by atoms with Crippen molar-refractivity contribution in [1.82, 2.24) is 9.47 Å². The molecule has 0 spiro atoms. The molecule has 0 bridgehead atoms. The Bertz CT molecular complexity index is 923. The van der Waals surface area contributed by atoms with Crippen LogP contribution < -0.4 is 0 Å². The fourth-order valence-corrected chi connectivity index (χ4v) is 4.42. The van der Waals surface area contributed by atoms with Gasteiger partial charge in [0.2, 0.25) is 0 Å². The van der Waals surface area contributed by atoms with Crippen molar-refractivity contribution >= 4 is 46.1 Å². The van der Waals surface area contributed by atoms with Crippen LogP contribution in [0.1, 0.15) is 26.6 Å². The van der Waals surface area contributed by atoms with Gasteiger partial charge in [-0.1, -0.05) is 12.1 Å². The van der Waals surface area contributed by atoms with Gasteiger partial charge in [0.25, 0.3) is 11.1 Å². The van der Waals surface area contributed by atoms with Crippen LogP contribution in [0.15, 0.2) is 41.1 Å². The standard InChI is InChI=1S/C19H18N2O3S2/c1-4-7-20-12(2)9-15(13(20)3)16(22)11-21-18(23)17(26-19(21)24)10-14-6-5-8-25-14/h4-6,8-10H,1,7,11H2,2-3H3/b17-10-. The van der Waals surface area contributed by atoms with Gasteiger partial charge in [-0.15, -0.1) is 17.9 Å². The number of allylic oxidation sites excluding steroid dienone is 1. The van der Waals surface area contributed by atoms with Gasteiger partial charge in [-0.3, -0.25) is 19.3 Å². The summed E-state index contributed by atoms with van der Waals surface area (Å²) < 4.78 is 1.98. The molecule has 0 N–H and O–H groups in total. The number of nitrogens with zero attached hydrogens (tertiary/aromatic N) is 2. The molecule has 0 saturated carbocycles. The van der Waals surface area contributed by atoms with E-state index in [2.05, 4.69) is 6.58 Å². The predicted molar refractivity (Wildman–Crippen MR) is 105 cm³/mol. The number of carbonyl (C=O) groups is 3. The second-order valence-corrected chi connectivity index (χ2v) is 7.86. The molecule has 26 heavy (non-hydrogen) atoms. The zero-order chi connectivity index (χ0) is 18.8. The van der Waals surface area contributed by atoms with Gasteiger partial charge in [0.1, 0.15) is 0 Å². The molecule has 0 aliphatic carbocycles. The number of imide groups is 1. The summed E-state index contributed by atoms with van der Waals surface area (Å²) in [4.78, 5) is 39.7. The summed E-state index contributed by atoms with van der Waals surface area (Å²) in [6.45, 7) is 7.85. The van der Waals surface area contributed by atoms with Crippen LogP contribution in [-0.4, -0.2) is 32.9 Å². The smallest absolute Gasteiger partial charge is 0.293 e. The van der Waals surface area contributed by atoms with Crippen molar-refractivity contribution in [2.75, 3.05) is 6.54 Å². The number of thiophene rings is 1. The van der Waals surface area contributed by atoms with E-state index in [0.29, 0.717) is 17.0 Å². The van der Waals surface area contributed by atoms with Gasteiger partial charge in [0.15, 0.2) is 5.78 Å². The molecule has 3 heterocycles.